The van der Waals surface area contributed by atoms with E-state index in [0.717, 1.165) is 22.4 Å². The average Bonchev–Trinajstić information content (AvgIpc) is 3.03. The molecule has 1 aromatic carbocycles. The van der Waals surface area contributed by atoms with E-state index in [1.165, 1.54) is 0 Å². The van der Waals surface area contributed by atoms with E-state index in [2.05, 4.69) is 5.10 Å². The molecular formula is C16H13N3O2. The Morgan fingerprint density at radius 1 is 1.19 bits per heavy atom. The van der Waals surface area contributed by atoms with Crippen LogP contribution in [-0.2, 0) is 7.05 Å². The number of nitrogens with zero attached hydrogens (tertiary/aromatic N) is 3. The SMILES string of the molecule is Cc1cc2c(=O)n(-c3ccc4c(cnn4C)c3)ccc2o1. The van der Waals surface area contributed by atoms with Crippen LogP contribution in [0.25, 0.3) is 27.6 Å². The largest absolute Gasteiger partial charge is 0.461 e. The summed E-state index contributed by atoms with van der Waals surface area (Å²) in [5.41, 5.74) is 2.40. The maximum atomic E-state index is 12.6. The van der Waals surface area contributed by atoms with Gasteiger partial charge in [0.25, 0.3) is 5.56 Å². The molecule has 0 atom stereocenters. The fourth-order valence-electron chi connectivity index (χ4n) is 2.67. The molecule has 0 aliphatic rings. The fraction of sp³-hybridized carbons (Fsp3) is 0.125. The van der Waals surface area contributed by atoms with Crippen LogP contribution in [0.1, 0.15) is 5.76 Å². The average molecular weight is 279 g/mol. The van der Waals surface area contributed by atoms with Crippen LogP contribution in [0.15, 0.2) is 51.9 Å². The van der Waals surface area contributed by atoms with E-state index < -0.39 is 0 Å². The van der Waals surface area contributed by atoms with Crippen LogP contribution in [0.4, 0.5) is 0 Å². The summed E-state index contributed by atoms with van der Waals surface area (Å²) in [7, 11) is 1.90. The summed E-state index contributed by atoms with van der Waals surface area (Å²) in [6.45, 7) is 1.84. The zero-order chi connectivity index (χ0) is 14.6. The Labute approximate surface area is 120 Å². The molecule has 3 aromatic heterocycles. The minimum Gasteiger partial charge on any atom is -0.461 e. The van der Waals surface area contributed by atoms with Crippen molar-refractivity contribution in [2.24, 2.45) is 7.05 Å². The topological polar surface area (TPSA) is 53.0 Å². The fourth-order valence-corrected chi connectivity index (χ4v) is 2.67. The predicted octanol–water partition coefficient (Wildman–Crippen LogP) is 2.78. The molecule has 3 heterocycles. The van der Waals surface area contributed by atoms with Gasteiger partial charge in [-0.15, -0.1) is 0 Å². The molecule has 0 aliphatic heterocycles. The third-order valence-corrected chi connectivity index (χ3v) is 3.72. The highest BCUT2D eigenvalue weighted by Crippen LogP contribution is 2.19. The van der Waals surface area contributed by atoms with Crippen molar-refractivity contribution in [3.8, 4) is 5.69 Å². The summed E-state index contributed by atoms with van der Waals surface area (Å²) in [6, 6.07) is 9.44. The first-order valence-electron chi connectivity index (χ1n) is 6.67. The monoisotopic (exact) mass is 279 g/mol. The Bertz CT molecular complexity index is 1040. The summed E-state index contributed by atoms with van der Waals surface area (Å²) in [5, 5.41) is 5.82. The molecule has 0 N–H and O–H groups in total. The van der Waals surface area contributed by atoms with Crippen molar-refractivity contribution in [2.75, 3.05) is 0 Å². The third kappa shape index (κ3) is 1.71. The minimum atomic E-state index is -0.0763. The van der Waals surface area contributed by atoms with Gasteiger partial charge >= 0.3 is 0 Å². The lowest BCUT2D eigenvalue weighted by Crippen LogP contribution is -2.16. The molecule has 4 aromatic rings. The molecular weight excluding hydrogens is 266 g/mol. The van der Waals surface area contributed by atoms with Crippen LogP contribution in [0, 0.1) is 6.92 Å². The maximum absolute atomic E-state index is 12.6. The first-order chi connectivity index (χ1) is 10.1. The van der Waals surface area contributed by atoms with Gasteiger partial charge in [-0.2, -0.15) is 5.10 Å². The number of aromatic nitrogens is 3. The first kappa shape index (κ1) is 12.0. The van der Waals surface area contributed by atoms with Crippen LogP contribution in [0.2, 0.25) is 0 Å². The van der Waals surface area contributed by atoms with Crippen molar-refractivity contribution < 1.29 is 4.42 Å². The van der Waals surface area contributed by atoms with Crippen molar-refractivity contribution in [1.29, 1.82) is 0 Å². The summed E-state index contributed by atoms with van der Waals surface area (Å²) in [5.74, 6) is 0.738. The van der Waals surface area contributed by atoms with E-state index in [0.29, 0.717) is 11.0 Å². The van der Waals surface area contributed by atoms with E-state index in [1.54, 1.807) is 23.0 Å². The highest BCUT2D eigenvalue weighted by molar-refractivity contribution is 5.81. The Morgan fingerprint density at radius 3 is 2.90 bits per heavy atom. The lowest BCUT2D eigenvalue weighted by Gasteiger charge is -2.05. The Morgan fingerprint density at radius 2 is 2.05 bits per heavy atom. The molecule has 0 bridgehead atoms. The smallest absolute Gasteiger partial charge is 0.266 e. The molecule has 0 saturated heterocycles. The second-order valence-electron chi connectivity index (χ2n) is 5.14. The second-order valence-corrected chi connectivity index (χ2v) is 5.14. The van der Waals surface area contributed by atoms with Gasteiger partial charge in [0.05, 0.1) is 17.1 Å². The molecule has 4 rings (SSSR count). The van der Waals surface area contributed by atoms with Crippen LogP contribution in [0.5, 0.6) is 0 Å². The molecule has 104 valence electrons. The quantitative estimate of drug-likeness (QED) is 0.538. The van der Waals surface area contributed by atoms with Crippen LogP contribution in [0.3, 0.4) is 0 Å². The summed E-state index contributed by atoms with van der Waals surface area (Å²) in [6.07, 6.45) is 3.54. The minimum absolute atomic E-state index is 0.0763. The molecule has 0 saturated carbocycles. The number of hydrogen-bond donors (Lipinski definition) is 0. The lowest BCUT2D eigenvalue weighted by atomic mass is 10.2. The molecule has 5 nitrogen and oxygen atoms in total. The number of furan rings is 1. The molecule has 0 aliphatic carbocycles. The van der Waals surface area contributed by atoms with E-state index >= 15 is 0 Å². The van der Waals surface area contributed by atoms with Gasteiger partial charge < -0.3 is 4.42 Å². The number of rotatable bonds is 1. The van der Waals surface area contributed by atoms with Gasteiger partial charge in [0.2, 0.25) is 0 Å². The normalized spacial score (nSPS) is 11.5. The van der Waals surface area contributed by atoms with Gasteiger partial charge in [0.15, 0.2) is 0 Å². The van der Waals surface area contributed by atoms with Crippen molar-refractivity contribution in [1.82, 2.24) is 14.3 Å². The Balaban J connectivity index is 1.99. The van der Waals surface area contributed by atoms with E-state index in [4.69, 9.17) is 4.42 Å². The molecule has 0 spiro atoms. The number of hydrogen-bond acceptors (Lipinski definition) is 3. The predicted molar refractivity (Wildman–Crippen MR) is 80.8 cm³/mol. The Kier molecular flexibility index (Phi) is 2.33. The van der Waals surface area contributed by atoms with E-state index in [-0.39, 0.29) is 5.56 Å². The van der Waals surface area contributed by atoms with Gasteiger partial charge in [0.1, 0.15) is 11.3 Å². The van der Waals surface area contributed by atoms with Gasteiger partial charge in [0, 0.05) is 24.3 Å². The third-order valence-electron chi connectivity index (χ3n) is 3.72. The number of fused-ring (bicyclic) bond motifs is 2. The molecule has 0 fully saturated rings. The van der Waals surface area contributed by atoms with E-state index in [9.17, 15) is 4.79 Å². The van der Waals surface area contributed by atoms with Crippen LogP contribution >= 0.6 is 0 Å². The van der Waals surface area contributed by atoms with Gasteiger partial charge in [-0.3, -0.25) is 14.0 Å². The Hall–Kier alpha value is -2.82. The zero-order valence-corrected chi connectivity index (χ0v) is 11.7. The standard InChI is InChI=1S/C16H13N3O2/c1-10-7-13-15(21-10)5-6-19(16(13)20)12-3-4-14-11(8-12)9-17-18(14)2/h3-9H,1-2H3. The van der Waals surface area contributed by atoms with Gasteiger partial charge in [-0.1, -0.05) is 0 Å². The van der Waals surface area contributed by atoms with Gasteiger partial charge in [-0.25, -0.2) is 0 Å². The molecule has 0 radical (unpaired) electrons. The molecule has 21 heavy (non-hydrogen) atoms. The van der Waals surface area contributed by atoms with Crippen molar-refractivity contribution in [3.05, 3.63) is 58.8 Å². The number of pyridine rings is 1. The van der Waals surface area contributed by atoms with Crippen molar-refractivity contribution in [2.45, 2.75) is 6.92 Å². The van der Waals surface area contributed by atoms with Crippen LogP contribution in [-0.4, -0.2) is 14.3 Å². The lowest BCUT2D eigenvalue weighted by molar-refractivity contribution is 0.578. The first-order valence-corrected chi connectivity index (χ1v) is 6.67. The highest BCUT2D eigenvalue weighted by Gasteiger charge is 2.09. The highest BCUT2D eigenvalue weighted by atomic mass is 16.3. The van der Waals surface area contributed by atoms with Crippen molar-refractivity contribution in [3.63, 3.8) is 0 Å². The molecule has 5 heteroatoms. The summed E-state index contributed by atoms with van der Waals surface area (Å²) < 4.78 is 8.93. The number of benzene rings is 1. The van der Waals surface area contributed by atoms with Gasteiger partial charge in [-0.05, 0) is 37.3 Å². The molecule has 0 unspecified atom stereocenters. The summed E-state index contributed by atoms with van der Waals surface area (Å²) >= 11 is 0. The van der Waals surface area contributed by atoms with Crippen LogP contribution < -0.4 is 5.56 Å². The van der Waals surface area contributed by atoms with Crippen molar-refractivity contribution >= 4 is 21.9 Å². The number of aryl methyl sites for hydroxylation is 2. The molecule has 0 amide bonds. The second kappa shape index (κ2) is 4.09. The maximum Gasteiger partial charge on any atom is 0.266 e. The summed E-state index contributed by atoms with van der Waals surface area (Å²) in [4.78, 5) is 12.6. The zero-order valence-electron chi connectivity index (χ0n) is 11.7. The van der Waals surface area contributed by atoms with E-state index in [1.807, 2.05) is 42.9 Å².